The van der Waals surface area contributed by atoms with E-state index in [4.69, 9.17) is 0 Å². The number of fused-ring (bicyclic) bond motifs is 9. The number of thiophene rings is 1. The van der Waals surface area contributed by atoms with E-state index >= 15 is 0 Å². The lowest BCUT2D eigenvalue weighted by Gasteiger charge is -2.36. The molecule has 224 valence electrons. The Balaban J connectivity index is 1.33. The summed E-state index contributed by atoms with van der Waals surface area (Å²) in [6, 6.07) is 47.3. The molecule has 0 unspecified atom stereocenters. The molecule has 46 heavy (non-hydrogen) atoms. The maximum Gasteiger partial charge on any atom is 0.0596 e. The molecule has 0 amide bonds. The van der Waals surface area contributed by atoms with Gasteiger partial charge in [0.25, 0.3) is 0 Å². The van der Waals surface area contributed by atoms with Crippen molar-refractivity contribution in [2.45, 2.75) is 45.4 Å². The van der Waals surface area contributed by atoms with Gasteiger partial charge < -0.3 is 9.47 Å². The molecular formula is C43H36N2S. The number of benzene rings is 6. The molecule has 6 aromatic carbocycles. The third-order valence-electron chi connectivity index (χ3n) is 10.1. The molecule has 1 aliphatic rings. The van der Waals surface area contributed by atoms with Crippen LogP contribution in [0.15, 0.2) is 127 Å². The molecule has 8 aromatic rings. The van der Waals surface area contributed by atoms with Crippen LogP contribution < -0.4 is 4.90 Å². The van der Waals surface area contributed by atoms with Crippen molar-refractivity contribution in [3.05, 3.63) is 144 Å². The fourth-order valence-corrected chi connectivity index (χ4v) is 8.94. The Morgan fingerprint density at radius 1 is 0.609 bits per heavy atom. The van der Waals surface area contributed by atoms with Gasteiger partial charge in [0.05, 0.1) is 16.7 Å². The minimum absolute atomic E-state index is 0.101. The summed E-state index contributed by atoms with van der Waals surface area (Å²) in [7, 11) is 0. The van der Waals surface area contributed by atoms with Gasteiger partial charge >= 0.3 is 0 Å². The third-order valence-corrected chi connectivity index (χ3v) is 11.3. The zero-order chi connectivity index (χ0) is 31.4. The average Bonchev–Trinajstić information content (AvgIpc) is 3.60. The highest BCUT2D eigenvalue weighted by atomic mass is 32.1. The lowest BCUT2D eigenvalue weighted by molar-refractivity contribution is 0.590. The van der Waals surface area contributed by atoms with Crippen LogP contribution in [0.2, 0.25) is 0 Å². The van der Waals surface area contributed by atoms with Gasteiger partial charge in [-0.2, -0.15) is 0 Å². The topological polar surface area (TPSA) is 8.17 Å². The molecule has 0 saturated heterocycles. The van der Waals surface area contributed by atoms with Crippen LogP contribution in [0.1, 0.15) is 51.3 Å². The summed E-state index contributed by atoms with van der Waals surface area (Å²) in [6.07, 6.45) is 0. The molecule has 0 atom stereocenters. The molecule has 0 spiro atoms. The normalized spacial score (nSPS) is 13.9. The Morgan fingerprint density at radius 2 is 1.26 bits per heavy atom. The van der Waals surface area contributed by atoms with Crippen LogP contribution in [0.3, 0.4) is 0 Å². The molecule has 3 heteroatoms. The standard InChI is InChI=1S/C43H36N2S/c1-42(2,3)27-19-21-29(22-20-27)44(28-13-7-6-8-14-28)30-23-24-37-34(25-30)43(4,5)35-26-33-31-15-10-12-18-38(31)46-41(33)39-32-16-9-11-17-36(32)45(37)40(35)39/h6-26H,1-5H3. The third kappa shape index (κ3) is 3.82. The molecule has 2 aromatic heterocycles. The van der Waals surface area contributed by atoms with Gasteiger partial charge in [-0.25, -0.2) is 0 Å². The Morgan fingerprint density at radius 3 is 2.02 bits per heavy atom. The highest BCUT2D eigenvalue weighted by Gasteiger charge is 2.37. The van der Waals surface area contributed by atoms with Crippen LogP contribution >= 0.6 is 11.3 Å². The van der Waals surface area contributed by atoms with E-state index < -0.39 is 0 Å². The summed E-state index contributed by atoms with van der Waals surface area (Å²) in [6.45, 7) is 11.6. The Kier molecular flexibility index (Phi) is 5.71. The van der Waals surface area contributed by atoms with Crippen LogP contribution in [0, 0.1) is 0 Å². The second kappa shape index (κ2) is 9.57. The van der Waals surface area contributed by atoms with E-state index in [9.17, 15) is 0 Å². The molecule has 1 aliphatic heterocycles. The zero-order valence-electron chi connectivity index (χ0n) is 26.9. The largest absolute Gasteiger partial charge is 0.310 e. The molecule has 0 fully saturated rings. The minimum Gasteiger partial charge on any atom is -0.310 e. The van der Waals surface area contributed by atoms with Crippen molar-refractivity contribution in [2.24, 2.45) is 0 Å². The van der Waals surface area contributed by atoms with Gasteiger partial charge in [0.15, 0.2) is 0 Å². The predicted molar refractivity (Wildman–Crippen MR) is 199 cm³/mol. The van der Waals surface area contributed by atoms with Crippen LogP contribution in [0.5, 0.6) is 0 Å². The van der Waals surface area contributed by atoms with Gasteiger partial charge in [0.1, 0.15) is 0 Å². The van der Waals surface area contributed by atoms with Gasteiger partial charge in [-0.3, -0.25) is 0 Å². The maximum absolute atomic E-state index is 2.54. The highest BCUT2D eigenvalue weighted by Crippen LogP contribution is 2.53. The smallest absolute Gasteiger partial charge is 0.0596 e. The molecule has 0 bridgehead atoms. The minimum atomic E-state index is -0.219. The van der Waals surface area contributed by atoms with Crippen molar-refractivity contribution in [1.82, 2.24) is 4.57 Å². The van der Waals surface area contributed by atoms with Gasteiger partial charge in [0.2, 0.25) is 0 Å². The Bertz CT molecular complexity index is 2470. The molecular weight excluding hydrogens is 577 g/mol. The lowest BCUT2D eigenvalue weighted by Crippen LogP contribution is -2.27. The molecule has 3 heterocycles. The second-order valence-corrected chi connectivity index (χ2v) is 15.3. The van der Waals surface area contributed by atoms with Crippen LogP contribution in [-0.4, -0.2) is 4.57 Å². The Labute approximate surface area is 274 Å². The number of nitrogens with zero attached hydrogens (tertiary/aromatic N) is 2. The van der Waals surface area contributed by atoms with Crippen molar-refractivity contribution in [1.29, 1.82) is 0 Å². The number of para-hydroxylation sites is 2. The first-order valence-electron chi connectivity index (χ1n) is 16.2. The van der Waals surface area contributed by atoms with Crippen LogP contribution in [-0.2, 0) is 10.8 Å². The first-order valence-corrected chi connectivity index (χ1v) is 17.0. The van der Waals surface area contributed by atoms with Gasteiger partial charge in [-0.1, -0.05) is 101 Å². The number of anilines is 3. The van der Waals surface area contributed by atoms with Crippen LogP contribution in [0.25, 0.3) is 47.7 Å². The zero-order valence-corrected chi connectivity index (χ0v) is 27.7. The van der Waals surface area contributed by atoms with E-state index in [1.54, 1.807) is 0 Å². The summed E-state index contributed by atoms with van der Waals surface area (Å²) in [4.78, 5) is 2.40. The van der Waals surface area contributed by atoms with Crippen molar-refractivity contribution < 1.29 is 0 Å². The average molecular weight is 613 g/mol. The van der Waals surface area contributed by atoms with Crippen molar-refractivity contribution >= 4 is 70.4 Å². The van der Waals surface area contributed by atoms with Crippen molar-refractivity contribution in [2.75, 3.05) is 4.90 Å². The monoisotopic (exact) mass is 612 g/mol. The van der Waals surface area contributed by atoms with E-state index in [-0.39, 0.29) is 10.8 Å². The quantitative estimate of drug-likeness (QED) is 0.193. The SMILES string of the molecule is CC(C)(C)c1ccc(N(c2ccccc2)c2ccc3c(c2)C(C)(C)c2cc4c5ccccc5sc4c4c5ccccc5n-3c24)cc1. The lowest BCUT2D eigenvalue weighted by atomic mass is 9.74. The number of hydrogen-bond acceptors (Lipinski definition) is 2. The summed E-state index contributed by atoms with van der Waals surface area (Å²) in [5.74, 6) is 0. The fraction of sp³-hybridized carbons (Fsp3) is 0.163. The van der Waals surface area contributed by atoms with E-state index in [0.29, 0.717) is 0 Å². The molecule has 0 saturated carbocycles. The fourth-order valence-electron chi connectivity index (χ4n) is 7.70. The van der Waals surface area contributed by atoms with Gasteiger partial charge in [-0.15, -0.1) is 11.3 Å². The molecule has 2 nitrogen and oxygen atoms in total. The number of aromatic nitrogens is 1. The summed E-state index contributed by atoms with van der Waals surface area (Å²) < 4.78 is 5.28. The van der Waals surface area contributed by atoms with Gasteiger partial charge in [-0.05, 0) is 82.8 Å². The first-order chi connectivity index (χ1) is 22.2. The Hall–Kier alpha value is -4.86. The van der Waals surface area contributed by atoms with Gasteiger partial charge in [0, 0.05) is 53.4 Å². The van der Waals surface area contributed by atoms with E-state index in [2.05, 4.69) is 171 Å². The summed E-state index contributed by atoms with van der Waals surface area (Å²) in [5.41, 5.74) is 11.3. The number of rotatable bonds is 3. The maximum atomic E-state index is 2.54. The number of hydrogen-bond donors (Lipinski definition) is 0. The van der Waals surface area contributed by atoms with Crippen molar-refractivity contribution in [3.63, 3.8) is 0 Å². The second-order valence-electron chi connectivity index (χ2n) is 14.3. The first kappa shape index (κ1) is 27.5. The van der Waals surface area contributed by atoms with E-state index in [1.807, 2.05) is 11.3 Å². The highest BCUT2D eigenvalue weighted by molar-refractivity contribution is 7.26. The molecule has 0 radical (unpaired) electrons. The predicted octanol–water partition coefficient (Wildman–Crippen LogP) is 12.6. The molecule has 0 N–H and O–H groups in total. The summed E-state index contributed by atoms with van der Waals surface area (Å²) in [5, 5.41) is 5.43. The molecule has 0 aliphatic carbocycles. The van der Waals surface area contributed by atoms with E-state index in [1.165, 1.54) is 70.0 Å². The van der Waals surface area contributed by atoms with E-state index in [0.717, 1.165) is 11.4 Å². The van der Waals surface area contributed by atoms with Crippen LogP contribution in [0.4, 0.5) is 17.1 Å². The van der Waals surface area contributed by atoms with Crippen molar-refractivity contribution in [3.8, 4) is 5.69 Å². The summed E-state index contributed by atoms with van der Waals surface area (Å²) >= 11 is 1.93. The molecule has 9 rings (SSSR count).